The van der Waals surface area contributed by atoms with E-state index in [0.717, 1.165) is 81.1 Å². The molecule has 8 N–H and O–H groups in total. The predicted molar refractivity (Wildman–Crippen MR) is 383 cm³/mol. The number of sulfonamides is 2. The van der Waals surface area contributed by atoms with Gasteiger partial charge in [0, 0.05) is 105 Å². The van der Waals surface area contributed by atoms with Crippen molar-refractivity contribution in [3.8, 4) is 33.8 Å². The number of aromatic nitrogens is 6. The average molecular weight is 1410 g/mol. The number of hydrogen-bond acceptors (Lipinski definition) is 14. The van der Waals surface area contributed by atoms with Gasteiger partial charge in [0.1, 0.15) is 17.1 Å². The molecule has 7 amide bonds. The molecule has 0 bridgehead atoms. The lowest BCUT2D eigenvalue weighted by Gasteiger charge is -2.32. The molecule has 0 spiro atoms. The summed E-state index contributed by atoms with van der Waals surface area (Å²) in [7, 11) is -7.53. The maximum atomic E-state index is 12.8. The van der Waals surface area contributed by atoms with E-state index in [9.17, 15) is 50.4 Å². The fourth-order valence-corrected chi connectivity index (χ4v) is 14.7. The van der Waals surface area contributed by atoms with Crippen LogP contribution >= 0.6 is 0 Å². The Morgan fingerprint density at radius 3 is 1.15 bits per heavy atom. The number of benzene rings is 5. The van der Waals surface area contributed by atoms with Crippen LogP contribution in [0.1, 0.15) is 122 Å². The lowest BCUT2D eigenvalue weighted by atomic mass is 10.0. The number of anilines is 2. The van der Waals surface area contributed by atoms with E-state index in [4.69, 9.17) is 17.2 Å². The van der Waals surface area contributed by atoms with Gasteiger partial charge in [0.15, 0.2) is 0 Å². The molecule has 4 saturated heterocycles. The first-order valence-corrected chi connectivity index (χ1v) is 36.0. The van der Waals surface area contributed by atoms with Gasteiger partial charge in [0.2, 0.25) is 17.7 Å². The van der Waals surface area contributed by atoms with E-state index in [1.54, 1.807) is 169 Å². The summed E-state index contributed by atoms with van der Waals surface area (Å²) in [6.45, 7) is 19.4. The number of nitrogens with zero attached hydrogens (tertiary/aromatic N) is 10. The first kappa shape index (κ1) is 72.5. The number of carbonyl (C=O) groups is 7. The number of amides is 7. The first-order valence-electron chi connectivity index (χ1n) is 33.0. The molecule has 3 aromatic heterocycles. The molecule has 26 nitrogen and oxygen atoms in total. The van der Waals surface area contributed by atoms with Crippen LogP contribution in [0.4, 0.5) is 11.4 Å². The molecule has 4 fully saturated rings. The summed E-state index contributed by atoms with van der Waals surface area (Å²) in [5.74, 6) is -2.19. The number of nitrogens with one attached hydrogen (secondary N) is 2. The quantitative estimate of drug-likeness (QED) is 0.0474. The summed E-state index contributed by atoms with van der Waals surface area (Å²) >= 11 is 0. The fourth-order valence-electron chi connectivity index (χ4n) is 12.6. The van der Waals surface area contributed by atoms with Crippen LogP contribution in [-0.4, -0.2) is 159 Å². The largest absolute Gasteiger partial charge is 0.365 e. The molecule has 4 aliphatic rings. The molecule has 3 atom stereocenters. The van der Waals surface area contributed by atoms with Gasteiger partial charge in [-0.1, -0.05) is 91.5 Å². The van der Waals surface area contributed by atoms with Crippen LogP contribution in [0, 0.1) is 13.8 Å². The van der Waals surface area contributed by atoms with E-state index < -0.39 is 37.8 Å². The van der Waals surface area contributed by atoms with E-state index in [1.165, 1.54) is 18.2 Å². The zero-order valence-electron chi connectivity index (χ0n) is 56.2. The van der Waals surface area contributed by atoms with Crippen LogP contribution in [0.15, 0.2) is 188 Å². The monoisotopic (exact) mass is 1410 g/mol. The van der Waals surface area contributed by atoms with Gasteiger partial charge in [-0.25, -0.2) is 16.8 Å². The zero-order chi connectivity index (χ0) is 72.3. The van der Waals surface area contributed by atoms with Crippen molar-refractivity contribution in [2.24, 2.45) is 17.2 Å². The normalized spacial score (nSPS) is 16.9. The minimum atomic E-state index is -3.80. The van der Waals surface area contributed by atoms with Crippen LogP contribution in [0.3, 0.4) is 0 Å². The maximum Gasteiger partial charge on any atom is 0.261 e. The molecule has 8 aromatic rings. The van der Waals surface area contributed by atoms with E-state index in [0.29, 0.717) is 90.0 Å². The number of rotatable bonds is 19. The van der Waals surface area contributed by atoms with Crippen molar-refractivity contribution in [3.63, 3.8) is 0 Å². The third kappa shape index (κ3) is 17.4. The van der Waals surface area contributed by atoms with Crippen molar-refractivity contribution in [1.82, 2.24) is 48.9 Å². The smallest absolute Gasteiger partial charge is 0.261 e. The number of primary amides is 3. The first-order chi connectivity index (χ1) is 48.3. The van der Waals surface area contributed by atoms with Gasteiger partial charge < -0.3 is 36.8 Å². The fraction of sp³-hybridized carbons (Fsp3) is 0.288. The Morgan fingerprint density at radius 2 is 0.782 bits per heavy atom. The number of nitrogens with two attached hydrogens (primary N) is 3. The van der Waals surface area contributed by atoms with Gasteiger partial charge in [-0.15, -0.1) is 0 Å². The second kappa shape index (κ2) is 31.7. The molecule has 0 saturated carbocycles. The van der Waals surface area contributed by atoms with E-state index in [1.807, 2.05) is 18.7 Å². The molecular weight excluding hydrogens is 1330 g/mol. The Morgan fingerprint density at radius 1 is 0.436 bits per heavy atom. The SMILES string of the molecule is C=CC(=O)N1CCC[C@@H](n2cc(C(N)=O)c(-c3ccc(C(=O)N4CCCC4)cc3)n2)C1.C=CC(=O)N1CCC[C@@H](n2cc(C(N)=O)c(-c3ccc(NS(=O)(=O)c4ccc(C)cc4)cc3)n2)C1.C=CC(=O)N1CCC[C@@H](n2cc(C(N)=O)c(-c3cccc(NS(=O)(=O)c4ccc(C)cc4)c3)n2)C1. The van der Waals surface area contributed by atoms with Crippen LogP contribution in [0.2, 0.25) is 0 Å². The molecule has 0 unspecified atom stereocenters. The van der Waals surface area contributed by atoms with E-state index in [2.05, 4.69) is 44.5 Å². The Bertz CT molecular complexity index is 4680. The van der Waals surface area contributed by atoms with Crippen LogP contribution in [0.25, 0.3) is 33.8 Å². The topological polar surface area (TPSA) is 356 Å². The molecule has 526 valence electrons. The van der Waals surface area contributed by atoms with E-state index >= 15 is 0 Å². The number of aryl methyl sites for hydroxylation is 2. The van der Waals surface area contributed by atoms with E-state index in [-0.39, 0.29) is 62.7 Å². The van der Waals surface area contributed by atoms with Gasteiger partial charge in [0.05, 0.1) is 44.6 Å². The minimum absolute atomic E-state index is 0.0267. The lowest BCUT2D eigenvalue weighted by molar-refractivity contribution is -0.128. The zero-order valence-corrected chi connectivity index (χ0v) is 57.8. The minimum Gasteiger partial charge on any atom is -0.365 e. The summed E-state index contributed by atoms with van der Waals surface area (Å²) in [5, 5.41) is 13.9. The number of carbonyl (C=O) groups excluding carboxylic acids is 7. The number of piperidine rings is 3. The lowest BCUT2D eigenvalue weighted by Crippen LogP contribution is -2.40. The highest BCUT2D eigenvalue weighted by Gasteiger charge is 2.31. The van der Waals surface area contributed by atoms with Crippen LogP contribution < -0.4 is 26.6 Å². The highest BCUT2D eigenvalue weighted by molar-refractivity contribution is 7.93. The molecule has 12 rings (SSSR count). The third-order valence-electron chi connectivity index (χ3n) is 18.0. The Kier molecular flexibility index (Phi) is 22.8. The van der Waals surface area contributed by atoms with Crippen LogP contribution in [0.5, 0.6) is 0 Å². The Labute approximate surface area is 586 Å². The summed E-state index contributed by atoms with van der Waals surface area (Å²) in [5.41, 5.74) is 24.0. The van der Waals surface area contributed by atoms with Gasteiger partial charge in [-0.3, -0.25) is 57.1 Å². The maximum absolute atomic E-state index is 12.8. The molecule has 4 aliphatic heterocycles. The molecular formula is C73H81N15O11S2. The van der Waals surface area contributed by atoms with Crippen molar-refractivity contribution in [3.05, 3.63) is 211 Å². The third-order valence-corrected chi connectivity index (χ3v) is 20.8. The molecule has 0 radical (unpaired) electrons. The summed E-state index contributed by atoms with van der Waals surface area (Å²) < 4.78 is 61.2. The van der Waals surface area contributed by atoms with Gasteiger partial charge >= 0.3 is 0 Å². The summed E-state index contributed by atoms with van der Waals surface area (Å²) in [6.07, 6.45) is 15.7. The molecule has 7 heterocycles. The Balaban J connectivity index is 0.000000164. The molecule has 0 aliphatic carbocycles. The number of hydrogen-bond donors (Lipinski definition) is 5. The summed E-state index contributed by atoms with van der Waals surface area (Å²) in [4.78, 5) is 92.5. The number of likely N-dealkylation sites (tertiary alicyclic amines) is 4. The van der Waals surface area contributed by atoms with Gasteiger partial charge in [0.25, 0.3) is 43.7 Å². The van der Waals surface area contributed by atoms with Crippen molar-refractivity contribution < 1.29 is 50.4 Å². The predicted octanol–water partition coefficient (Wildman–Crippen LogP) is 8.45. The second-order valence-corrected chi connectivity index (χ2v) is 28.5. The molecule has 101 heavy (non-hydrogen) atoms. The second-order valence-electron chi connectivity index (χ2n) is 25.1. The summed E-state index contributed by atoms with van der Waals surface area (Å²) in [6, 6.07) is 33.2. The van der Waals surface area contributed by atoms with Crippen LogP contribution in [-0.2, 0) is 34.4 Å². The van der Waals surface area contributed by atoms with Crippen molar-refractivity contribution in [1.29, 1.82) is 0 Å². The van der Waals surface area contributed by atoms with Crippen molar-refractivity contribution >= 4 is 72.8 Å². The van der Waals surface area contributed by atoms with Gasteiger partial charge in [-0.05, 0) is 144 Å². The van der Waals surface area contributed by atoms with Gasteiger partial charge in [-0.2, -0.15) is 15.3 Å². The van der Waals surface area contributed by atoms with Crippen molar-refractivity contribution in [2.75, 3.05) is 61.8 Å². The highest BCUT2D eigenvalue weighted by atomic mass is 32.2. The molecule has 28 heteroatoms. The van der Waals surface area contributed by atoms with Crippen molar-refractivity contribution in [2.45, 2.75) is 93.1 Å². The standard InChI is InChI=1S/2C25H27N5O4S.C23H27N5O3/c1-3-23(31)29-13-5-8-20(15-29)30-16-22(25(26)32)24(27-30)18-6-4-7-19(14-18)28-35(33,34)21-11-9-17(2)10-12-21;1-3-23(31)29-14-4-5-20(15-29)30-16-22(25(26)32)24(27-30)18-8-10-19(11-9-18)28-35(33,34)21-12-6-17(2)7-13-21;1-2-20(29)27-13-5-6-18(14-27)28-15-19(22(24)30)21(25-28)16-7-9-17(10-8-16)23(31)26-11-3-4-12-26/h3-4,6-7,9-12,14,16,20,28H,1,5,8,13,15H2,2H3,(H2,26,32);3,6-13,16,20,28H,1,4-5,14-15H2,2H3,(H2,26,32);2,7-10,15,18H,1,3-6,11-14H2,(H2,24,30)/t2*20-;18-/m111/s1. The highest BCUT2D eigenvalue weighted by Crippen LogP contribution is 2.33. The average Bonchev–Trinajstić information content (AvgIpc) is 1.68. The molecule has 5 aromatic carbocycles. The Hall–Kier alpha value is -11.3.